The molecule has 6 aromatic heterocycles. The van der Waals surface area contributed by atoms with Crippen LogP contribution in [0.2, 0.25) is 0 Å². The minimum absolute atomic E-state index is 0. The van der Waals surface area contributed by atoms with E-state index in [4.69, 9.17) is 5.41 Å². The van der Waals surface area contributed by atoms with Crippen LogP contribution in [0.5, 0.6) is 0 Å². The quantitative estimate of drug-likeness (QED) is 0.0265. The second-order valence-corrected chi connectivity index (χ2v) is 17.8. The molecule has 0 fully saturated rings. The van der Waals surface area contributed by atoms with Crippen LogP contribution in [0.15, 0.2) is 128 Å². The van der Waals surface area contributed by atoms with Gasteiger partial charge in [0, 0.05) is 35.1 Å². The van der Waals surface area contributed by atoms with E-state index >= 15 is 0 Å². The summed E-state index contributed by atoms with van der Waals surface area (Å²) in [5, 5.41) is 17.8. The maximum atomic E-state index is 13.1. The molecule has 6 heterocycles. The summed E-state index contributed by atoms with van der Waals surface area (Å²) < 4.78 is 55.2. The maximum Gasteiger partial charge on any atom is 2.00 e. The number of rotatable bonds is 13. The van der Waals surface area contributed by atoms with Gasteiger partial charge >= 0.3 is 25.7 Å². The van der Waals surface area contributed by atoms with Gasteiger partial charge in [-0.2, -0.15) is 18.3 Å². The number of benzene rings is 2. The van der Waals surface area contributed by atoms with E-state index in [2.05, 4.69) is 139 Å². The standard InChI is InChI=1S/C29H28F3N4.C24H17N3O6.CNS.Ru/c1-27(2,3)17-7-9-24-20(13-17)21-14-18(28(4,5)6)8-10-25(21)36(24)19-11-12-33-22(15-19)23-16-26(35-34-23)29(30,31)32;28-15-31-8-3-18-1-6-25-21(11-18)23-13-20(5-10-33-17-30)14-24(27-23)22-12-19(2-7-26-22)4-9-32-16-29;2-1-3;/h7-16H,1-6H3;1-17H;;/q-1;;-1;+2/b;8-3+,9-4+,10-5+;;. The third-order valence-electron chi connectivity index (χ3n) is 10.7. The summed E-state index contributed by atoms with van der Waals surface area (Å²) in [5.74, 6) is 0. The molecule has 8 aromatic rings. The van der Waals surface area contributed by atoms with Crippen molar-refractivity contribution in [3.05, 3.63) is 167 Å². The number of pyridine rings is 4. The number of carbonyl (C=O) groups excluding carboxylic acids is 3. The van der Waals surface area contributed by atoms with Gasteiger partial charge in [0.1, 0.15) is 5.69 Å². The van der Waals surface area contributed by atoms with E-state index in [9.17, 15) is 27.6 Å². The van der Waals surface area contributed by atoms with E-state index in [1.54, 1.807) is 79.3 Å². The molecule has 2 aromatic carbocycles. The second-order valence-electron chi connectivity index (χ2n) is 17.6. The van der Waals surface area contributed by atoms with Crippen molar-refractivity contribution in [2.75, 3.05) is 0 Å². The van der Waals surface area contributed by atoms with Crippen molar-refractivity contribution in [2.45, 2.75) is 58.5 Å². The van der Waals surface area contributed by atoms with Gasteiger partial charge in [0.2, 0.25) is 0 Å². The smallest absolute Gasteiger partial charge is 0.753 e. The number of hydrogen-bond acceptors (Lipinski definition) is 12. The largest absolute Gasteiger partial charge is 2.00 e. The SMILES string of the molecule is CC(C)(C)c1ccc2c(c1)c1cc(C(C)(C)C)ccc1n2-c1ccnc(-c2cc(C(F)(F)F)n[n-]2)c1.O=CO/C=C/c1ccnc(-c2cc(/C=C/OC=O)cc(-c3cc(/C=C/OC=O)ccn3)n2)c1.[N-]=C=S.[Ru+2]. The van der Waals surface area contributed by atoms with Gasteiger partial charge in [0.05, 0.1) is 58.3 Å². The number of nitrogens with zero attached hydrogens (tertiary/aromatic N) is 8. The first kappa shape index (κ1) is 55.8. The van der Waals surface area contributed by atoms with Crippen LogP contribution in [-0.2, 0) is 65.1 Å². The summed E-state index contributed by atoms with van der Waals surface area (Å²) in [5.41, 5.74) is 9.06. The van der Waals surface area contributed by atoms with E-state index in [0.717, 1.165) is 44.7 Å². The van der Waals surface area contributed by atoms with Gasteiger partial charge in [-0.3, -0.25) is 29.3 Å². The van der Waals surface area contributed by atoms with Gasteiger partial charge in [-0.25, -0.2) is 4.98 Å². The summed E-state index contributed by atoms with van der Waals surface area (Å²) >= 11 is 3.70. The Bertz CT molecular complexity index is 3220. The van der Waals surface area contributed by atoms with Crippen molar-refractivity contribution in [1.82, 2.24) is 34.7 Å². The molecule has 0 bridgehead atoms. The number of isothiocyanates is 1. The molecule has 0 atom stereocenters. The molecule has 0 aliphatic rings. The Kier molecular flexibility index (Phi) is 19.0. The van der Waals surface area contributed by atoms with Crippen LogP contribution in [0, 0.1) is 0 Å². The molecule has 372 valence electrons. The van der Waals surface area contributed by atoms with Gasteiger partial charge in [-0.15, -0.1) is 0 Å². The molecule has 0 unspecified atom stereocenters. The van der Waals surface area contributed by atoms with E-state index in [1.807, 2.05) is 6.07 Å². The fourth-order valence-electron chi connectivity index (χ4n) is 7.23. The van der Waals surface area contributed by atoms with Gasteiger partial charge in [-0.05, 0) is 136 Å². The molecule has 0 aliphatic carbocycles. The van der Waals surface area contributed by atoms with Crippen molar-refractivity contribution in [1.29, 1.82) is 0 Å². The summed E-state index contributed by atoms with van der Waals surface area (Å²) in [7, 11) is 0. The van der Waals surface area contributed by atoms with Crippen molar-refractivity contribution in [3.8, 4) is 39.9 Å². The molecule has 0 amide bonds. The summed E-state index contributed by atoms with van der Waals surface area (Å²) in [6.45, 7) is 14.1. The van der Waals surface area contributed by atoms with E-state index in [1.165, 1.54) is 35.1 Å². The Morgan fingerprint density at radius 1 is 0.589 bits per heavy atom. The first-order valence-electron chi connectivity index (χ1n) is 21.7. The molecule has 0 spiro atoms. The Labute approximate surface area is 436 Å². The molecule has 0 saturated heterocycles. The molecule has 19 heteroatoms. The number of fused-ring (bicyclic) bond motifs is 3. The van der Waals surface area contributed by atoms with Gasteiger partial charge in [-0.1, -0.05) is 71.6 Å². The predicted molar refractivity (Wildman–Crippen MR) is 273 cm³/mol. The normalized spacial score (nSPS) is 11.6. The van der Waals surface area contributed by atoms with Crippen LogP contribution in [0.1, 0.15) is 75.1 Å². The third kappa shape index (κ3) is 14.5. The van der Waals surface area contributed by atoms with Crippen LogP contribution in [0.4, 0.5) is 13.2 Å². The second kappa shape index (κ2) is 24.8. The molecule has 0 N–H and O–H groups in total. The average Bonchev–Trinajstić information content (AvgIpc) is 3.99. The maximum absolute atomic E-state index is 13.1. The number of hydrogen-bond donors (Lipinski definition) is 0. The molecular formula is C54H45F3N8O6RuS. The monoisotopic (exact) mass is 1090 g/mol. The average molecular weight is 1090 g/mol. The third-order valence-corrected chi connectivity index (χ3v) is 10.7. The molecule has 0 radical (unpaired) electrons. The van der Waals surface area contributed by atoms with Crippen molar-refractivity contribution >= 4 is 76.8 Å². The van der Waals surface area contributed by atoms with Gasteiger partial charge in [0.25, 0.3) is 19.4 Å². The van der Waals surface area contributed by atoms with E-state index < -0.39 is 11.9 Å². The molecule has 8 rings (SSSR count). The molecule has 73 heavy (non-hydrogen) atoms. The Hall–Kier alpha value is -8.11. The minimum Gasteiger partial charge on any atom is -0.753 e. The fourth-order valence-corrected chi connectivity index (χ4v) is 7.23. The van der Waals surface area contributed by atoms with E-state index in [-0.39, 0.29) is 36.0 Å². The minimum atomic E-state index is -4.55. The number of aromatic nitrogens is 7. The zero-order valence-corrected chi connectivity index (χ0v) is 42.6. The first-order valence-corrected chi connectivity index (χ1v) is 22.2. The van der Waals surface area contributed by atoms with Crippen LogP contribution >= 0.6 is 12.2 Å². The number of thiocarbonyl (C=S) groups is 1. The number of alkyl halides is 3. The molecule has 0 saturated carbocycles. The van der Waals surface area contributed by atoms with Crippen LogP contribution < -0.4 is 5.10 Å². The Morgan fingerprint density at radius 3 is 1.44 bits per heavy atom. The summed E-state index contributed by atoms with van der Waals surface area (Å²) in [6.07, 6.45) is 8.85. The zero-order valence-electron chi connectivity index (χ0n) is 40.0. The van der Waals surface area contributed by atoms with Crippen LogP contribution in [0.25, 0.3) is 85.3 Å². The van der Waals surface area contributed by atoms with Crippen molar-refractivity contribution < 1.29 is 61.2 Å². The van der Waals surface area contributed by atoms with Crippen LogP contribution in [0.3, 0.4) is 0 Å². The summed E-state index contributed by atoms with van der Waals surface area (Å²) in [6, 6.07) is 28.2. The zero-order chi connectivity index (χ0) is 52.1. The number of ether oxygens (including phenoxy) is 3. The molecular weight excluding hydrogens is 1050 g/mol. The van der Waals surface area contributed by atoms with Gasteiger partial charge < -0.3 is 34.4 Å². The Balaban J connectivity index is 0.000000255. The molecule has 14 nitrogen and oxygen atoms in total. The van der Waals surface area contributed by atoms with Crippen LogP contribution in [-0.4, -0.2) is 54.2 Å². The number of halogens is 3. The fraction of sp³-hybridized carbons (Fsp3) is 0.167. The first-order chi connectivity index (χ1) is 34.4. The molecule has 0 aliphatic heterocycles. The van der Waals surface area contributed by atoms with Crippen molar-refractivity contribution in [2.24, 2.45) is 0 Å². The van der Waals surface area contributed by atoms with Crippen molar-refractivity contribution in [3.63, 3.8) is 0 Å². The van der Waals surface area contributed by atoms with Gasteiger partial charge in [0.15, 0.2) is 0 Å². The summed E-state index contributed by atoms with van der Waals surface area (Å²) in [4.78, 5) is 48.9. The van der Waals surface area contributed by atoms with E-state index in [0.29, 0.717) is 53.4 Å². The topological polar surface area (TPSA) is 185 Å². The number of carbonyl (C=O) groups is 3. The Morgan fingerprint density at radius 2 is 1.01 bits per heavy atom. The predicted octanol–water partition coefficient (Wildman–Crippen LogP) is 12.1.